The molecular weight excluding hydrogens is 374 g/mol. The number of benzene rings is 1. The van der Waals surface area contributed by atoms with Crippen molar-refractivity contribution in [1.82, 2.24) is 10.2 Å². The summed E-state index contributed by atoms with van der Waals surface area (Å²) in [7, 11) is 0. The van der Waals surface area contributed by atoms with Crippen LogP contribution in [0.15, 0.2) is 28.7 Å². The predicted molar refractivity (Wildman–Crippen MR) is 95.3 cm³/mol. The standard InChI is InChI=1S/C17H24BrN3O3/c1-3-14(15(22)21-8-10-24-11-9-21)20-16(23)17(2,19)12-4-6-13(18)7-5-12/h4-7,14H,3,8-11,19H2,1-2H3,(H,20,23). The molecule has 0 spiro atoms. The van der Waals surface area contributed by atoms with E-state index in [2.05, 4.69) is 21.2 Å². The second kappa shape index (κ2) is 8.09. The zero-order chi connectivity index (χ0) is 17.7. The maximum Gasteiger partial charge on any atom is 0.245 e. The number of hydrogen-bond acceptors (Lipinski definition) is 4. The smallest absolute Gasteiger partial charge is 0.245 e. The highest BCUT2D eigenvalue weighted by atomic mass is 79.9. The summed E-state index contributed by atoms with van der Waals surface area (Å²) in [5.74, 6) is -0.445. The van der Waals surface area contributed by atoms with Crippen LogP contribution in [0, 0.1) is 0 Å². The molecule has 1 aliphatic heterocycles. The van der Waals surface area contributed by atoms with E-state index in [1.165, 1.54) is 0 Å². The van der Waals surface area contributed by atoms with Crippen LogP contribution in [0.25, 0.3) is 0 Å². The fourth-order valence-corrected chi connectivity index (χ4v) is 2.84. The molecule has 0 radical (unpaired) electrons. The number of halogens is 1. The number of nitrogens with two attached hydrogens (primary N) is 1. The van der Waals surface area contributed by atoms with E-state index < -0.39 is 11.6 Å². The summed E-state index contributed by atoms with van der Waals surface area (Å²) in [6.45, 7) is 5.69. The van der Waals surface area contributed by atoms with Gasteiger partial charge in [0.2, 0.25) is 11.8 Å². The van der Waals surface area contributed by atoms with Crippen LogP contribution < -0.4 is 11.1 Å². The average molecular weight is 398 g/mol. The molecule has 1 aromatic carbocycles. The van der Waals surface area contributed by atoms with E-state index in [1.54, 1.807) is 24.0 Å². The monoisotopic (exact) mass is 397 g/mol. The van der Waals surface area contributed by atoms with Crippen molar-refractivity contribution >= 4 is 27.7 Å². The van der Waals surface area contributed by atoms with Crippen LogP contribution in [0.5, 0.6) is 0 Å². The maximum atomic E-state index is 12.7. The lowest BCUT2D eigenvalue weighted by Crippen LogP contribution is -2.57. The Morgan fingerprint density at radius 2 is 1.92 bits per heavy atom. The Kier molecular flexibility index (Phi) is 6.37. The fourth-order valence-electron chi connectivity index (χ4n) is 2.58. The first-order valence-electron chi connectivity index (χ1n) is 8.08. The Balaban J connectivity index is 2.07. The molecule has 0 bridgehead atoms. The molecule has 0 aromatic heterocycles. The molecule has 3 N–H and O–H groups in total. The highest BCUT2D eigenvalue weighted by molar-refractivity contribution is 9.10. The Hall–Kier alpha value is -1.44. The molecular formula is C17H24BrN3O3. The lowest BCUT2D eigenvalue weighted by molar-refractivity contribution is -0.141. The van der Waals surface area contributed by atoms with Crippen LogP contribution in [0.1, 0.15) is 25.8 Å². The van der Waals surface area contributed by atoms with Gasteiger partial charge in [0, 0.05) is 17.6 Å². The van der Waals surface area contributed by atoms with Gasteiger partial charge in [0.05, 0.1) is 13.2 Å². The van der Waals surface area contributed by atoms with Gasteiger partial charge in [-0.1, -0.05) is 35.0 Å². The first kappa shape index (κ1) is 18.9. The van der Waals surface area contributed by atoms with Crippen LogP contribution >= 0.6 is 15.9 Å². The molecule has 2 rings (SSSR count). The topological polar surface area (TPSA) is 84.7 Å². The predicted octanol–water partition coefficient (Wildman–Crippen LogP) is 1.38. The van der Waals surface area contributed by atoms with E-state index in [1.807, 2.05) is 19.1 Å². The number of ether oxygens (including phenoxy) is 1. The van der Waals surface area contributed by atoms with Crippen molar-refractivity contribution in [3.05, 3.63) is 34.3 Å². The van der Waals surface area contributed by atoms with Gasteiger partial charge in [-0.3, -0.25) is 9.59 Å². The molecule has 2 atom stereocenters. The quantitative estimate of drug-likeness (QED) is 0.785. The van der Waals surface area contributed by atoms with Gasteiger partial charge in [-0.25, -0.2) is 0 Å². The highest BCUT2D eigenvalue weighted by Crippen LogP contribution is 2.21. The molecule has 1 aliphatic rings. The summed E-state index contributed by atoms with van der Waals surface area (Å²) in [5, 5.41) is 2.81. The van der Waals surface area contributed by atoms with E-state index in [4.69, 9.17) is 10.5 Å². The number of nitrogens with zero attached hydrogens (tertiary/aromatic N) is 1. The SMILES string of the molecule is CCC(NC(=O)C(C)(N)c1ccc(Br)cc1)C(=O)N1CCOCC1. The van der Waals surface area contributed by atoms with Crippen LogP contribution in [-0.2, 0) is 19.9 Å². The van der Waals surface area contributed by atoms with Gasteiger partial charge < -0.3 is 20.7 Å². The van der Waals surface area contributed by atoms with E-state index in [0.29, 0.717) is 38.3 Å². The molecule has 1 fully saturated rings. The maximum absolute atomic E-state index is 12.7. The fraction of sp³-hybridized carbons (Fsp3) is 0.529. The third kappa shape index (κ3) is 4.34. The minimum Gasteiger partial charge on any atom is -0.378 e. The van der Waals surface area contributed by atoms with E-state index in [0.717, 1.165) is 4.47 Å². The van der Waals surface area contributed by atoms with Crippen molar-refractivity contribution in [1.29, 1.82) is 0 Å². The molecule has 1 aromatic rings. The number of carbonyl (C=O) groups is 2. The lowest BCUT2D eigenvalue weighted by atomic mass is 9.92. The van der Waals surface area contributed by atoms with Crippen LogP contribution in [-0.4, -0.2) is 49.1 Å². The van der Waals surface area contributed by atoms with Gasteiger partial charge in [0.15, 0.2) is 0 Å². The summed E-state index contributed by atoms with van der Waals surface area (Å²) in [5.41, 5.74) is 5.72. The normalized spacial score (nSPS) is 18.6. The Morgan fingerprint density at radius 3 is 2.46 bits per heavy atom. The molecule has 24 heavy (non-hydrogen) atoms. The third-order valence-corrected chi connectivity index (χ3v) is 4.78. The summed E-state index contributed by atoms with van der Waals surface area (Å²) < 4.78 is 6.17. The Bertz CT molecular complexity index is 583. The Morgan fingerprint density at radius 1 is 1.33 bits per heavy atom. The number of carbonyl (C=O) groups excluding carboxylic acids is 2. The van der Waals surface area contributed by atoms with Gasteiger partial charge in [0.1, 0.15) is 11.6 Å². The van der Waals surface area contributed by atoms with Crippen molar-refractivity contribution in [3.63, 3.8) is 0 Å². The van der Waals surface area contributed by atoms with Crippen molar-refractivity contribution in [2.75, 3.05) is 26.3 Å². The van der Waals surface area contributed by atoms with Gasteiger partial charge >= 0.3 is 0 Å². The van der Waals surface area contributed by atoms with Crippen molar-refractivity contribution < 1.29 is 14.3 Å². The van der Waals surface area contributed by atoms with E-state index in [9.17, 15) is 9.59 Å². The summed E-state index contributed by atoms with van der Waals surface area (Å²) in [6, 6.07) is 6.70. The number of hydrogen-bond donors (Lipinski definition) is 2. The number of amides is 2. The summed E-state index contributed by atoms with van der Waals surface area (Å²) in [4.78, 5) is 27.0. The van der Waals surface area contributed by atoms with Crippen LogP contribution in [0.4, 0.5) is 0 Å². The molecule has 2 unspecified atom stereocenters. The van der Waals surface area contributed by atoms with Crippen LogP contribution in [0.3, 0.4) is 0 Å². The van der Waals surface area contributed by atoms with Crippen molar-refractivity contribution in [2.24, 2.45) is 5.73 Å². The molecule has 1 heterocycles. The molecule has 1 saturated heterocycles. The molecule has 132 valence electrons. The van der Waals surface area contributed by atoms with Gasteiger partial charge in [0.25, 0.3) is 0 Å². The van der Waals surface area contributed by atoms with E-state index in [-0.39, 0.29) is 11.8 Å². The highest BCUT2D eigenvalue weighted by Gasteiger charge is 2.34. The minimum atomic E-state index is -1.21. The third-order valence-electron chi connectivity index (χ3n) is 4.25. The zero-order valence-electron chi connectivity index (χ0n) is 14.0. The largest absolute Gasteiger partial charge is 0.378 e. The van der Waals surface area contributed by atoms with Gasteiger partial charge in [-0.15, -0.1) is 0 Å². The second-order valence-electron chi connectivity index (χ2n) is 6.08. The number of rotatable bonds is 5. The lowest BCUT2D eigenvalue weighted by Gasteiger charge is -2.32. The number of morpholine rings is 1. The number of nitrogens with one attached hydrogen (secondary N) is 1. The van der Waals surface area contributed by atoms with Gasteiger partial charge in [-0.2, -0.15) is 0 Å². The first-order chi connectivity index (χ1) is 11.4. The second-order valence-corrected chi connectivity index (χ2v) is 7.00. The van der Waals surface area contributed by atoms with Crippen molar-refractivity contribution in [2.45, 2.75) is 31.8 Å². The van der Waals surface area contributed by atoms with Crippen molar-refractivity contribution in [3.8, 4) is 0 Å². The van der Waals surface area contributed by atoms with Crippen LogP contribution in [0.2, 0.25) is 0 Å². The average Bonchev–Trinajstić information content (AvgIpc) is 2.60. The minimum absolute atomic E-state index is 0.0826. The summed E-state index contributed by atoms with van der Waals surface area (Å²) in [6.07, 6.45) is 0.512. The molecule has 7 heteroatoms. The molecule has 0 aliphatic carbocycles. The Labute approximate surface area is 150 Å². The molecule has 6 nitrogen and oxygen atoms in total. The first-order valence-corrected chi connectivity index (χ1v) is 8.88. The van der Waals surface area contributed by atoms with E-state index >= 15 is 0 Å². The summed E-state index contributed by atoms with van der Waals surface area (Å²) >= 11 is 3.36. The molecule has 0 saturated carbocycles. The molecule has 2 amide bonds. The van der Waals surface area contributed by atoms with Gasteiger partial charge in [-0.05, 0) is 31.0 Å². The zero-order valence-corrected chi connectivity index (χ0v) is 15.6.